The fourth-order valence-corrected chi connectivity index (χ4v) is 3.62. The standard InChI is InChI=1S/C8H11Br3O2/c1-7(2)3-4(7)6(12)13-5(3)8(9,10)11/h3-6,12H,1-2H3. The maximum atomic E-state index is 9.62. The van der Waals surface area contributed by atoms with Gasteiger partial charge in [-0.25, -0.2) is 0 Å². The fourth-order valence-electron chi connectivity index (χ4n) is 2.44. The minimum absolute atomic E-state index is 0.0255. The first-order valence-corrected chi connectivity index (χ1v) is 6.54. The average molecular weight is 379 g/mol. The van der Waals surface area contributed by atoms with Gasteiger partial charge in [-0.05, 0) is 5.41 Å². The molecule has 0 aromatic rings. The third-order valence-electron chi connectivity index (χ3n) is 3.24. The monoisotopic (exact) mass is 376 g/mol. The first-order valence-electron chi connectivity index (χ1n) is 4.16. The zero-order valence-electron chi connectivity index (χ0n) is 7.30. The average Bonchev–Trinajstić information content (AvgIpc) is 2.35. The van der Waals surface area contributed by atoms with Gasteiger partial charge in [0.05, 0.1) is 6.10 Å². The van der Waals surface area contributed by atoms with E-state index in [0.29, 0.717) is 5.92 Å². The molecule has 1 saturated carbocycles. The molecule has 0 bridgehead atoms. The van der Waals surface area contributed by atoms with Gasteiger partial charge in [0.2, 0.25) is 0 Å². The van der Waals surface area contributed by atoms with E-state index in [2.05, 4.69) is 61.6 Å². The van der Waals surface area contributed by atoms with Crippen LogP contribution in [0.1, 0.15) is 13.8 Å². The SMILES string of the molecule is CC1(C)C2C(O)OC(C(Br)(Br)Br)C21. The van der Waals surface area contributed by atoms with E-state index in [9.17, 15) is 5.11 Å². The van der Waals surface area contributed by atoms with Crippen LogP contribution in [0.5, 0.6) is 0 Å². The van der Waals surface area contributed by atoms with Crippen molar-refractivity contribution in [1.82, 2.24) is 0 Å². The highest BCUT2D eigenvalue weighted by molar-refractivity contribution is 9.39. The van der Waals surface area contributed by atoms with Crippen LogP contribution in [-0.4, -0.2) is 19.6 Å². The highest BCUT2D eigenvalue weighted by Gasteiger charge is 2.72. The van der Waals surface area contributed by atoms with E-state index in [-0.39, 0.29) is 17.4 Å². The topological polar surface area (TPSA) is 29.5 Å². The molecule has 2 fully saturated rings. The van der Waals surface area contributed by atoms with Crippen LogP contribution < -0.4 is 0 Å². The highest BCUT2D eigenvalue weighted by Crippen LogP contribution is 2.69. The zero-order valence-corrected chi connectivity index (χ0v) is 12.1. The number of aliphatic hydroxyl groups excluding tert-OH is 1. The van der Waals surface area contributed by atoms with Gasteiger partial charge >= 0.3 is 0 Å². The molecule has 5 heteroatoms. The van der Waals surface area contributed by atoms with Gasteiger partial charge in [-0.1, -0.05) is 61.6 Å². The molecule has 13 heavy (non-hydrogen) atoms. The molecule has 0 aromatic carbocycles. The number of hydrogen-bond donors (Lipinski definition) is 1. The number of halogens is 3. The molecule has 1 aliphatic carbocycles. The molecule has 1 saturated heterocycles. The van der Waals surface area contributed by atoms with E-state index >= 15 is 0 Å². The molecule has 2 aliphatic rings. The van der Waals surface area contributed by atoms with Gasteiger partial charge in [0, 0.05) is 11.8 Å². The van der Waals surface area contributed by atoms with E-state index in [1.165, 1.54) is 0 Å². The minimum atomic E-state index is -0.614. The molecule has 4 atom stereocenters. The van der Waals surface area contributed by atoms with E-state index in [1.807, 2.05) is 0 Å². The Kier molecular flexibility index (Phi) is 2.45. The lowest BCUT2D eigenvalue weighted by atomic mass is 10.1. The van der Waals surface area contributed by atoms with Crippen molar-refractivity contribution in [2.75, 3.05) is 0 Å². The molecule has 0 amide bonds. The Morgan fingerprint density at radius 2 is 1.77 bits per heavy atom. The predicted molar refractivity (Wildman–Crippen MR) is 61.2 cm³/mol. The number of alkyl halides is 3. The summed E-state index contributed by atoms with van der Waals surface area (Å²) in [6.07, 6.45) is -0.639. The summed E-state index contributed by atoms with van der Waals surface area (Å²) >= 11 is 10.3. The van der Waals surface area contributed by atoms with Gasteiger partial charge in [-0.3, -0.25) is 0 Å². The molecule has 1 aliphatic heterocycles. The Morgan fingerprint density at radius 3 is 2.00 bits per heavy atom. The minimum Gasteiger partial charge on any atom is -0.368 e. The van der Waals surface area contributed by atoms with E-state index < -0.39 is 8.43 Å². The van der Waals surface area contributed by atoms with Crippen LogP contribution in [0.15, 0.2) is 0 Å². The lowest BCUT2D eigenvalue weighted by Gasteiger charge is -2.27. The summed E-state index contributed by atoms with van der Waals surface area (Å²) in [4.78, 5) is 0. The van der Waals surface area contributed by atoms with Gasteiger partial charge < -0.3 is 9.84 Å². The molecule has 76 valence electrons. The van der Waals surface area contributed by atoms with Crippen molar-refractivity contribution in [3.8, 4) is 0 Å². The zero-order chi connectivity index (χ0) is 10.0. The van der Waals surface area contributed by atoms with Crippen molar-refractivity contribution < 1.29 is 9.84 Å². The molecular formula is C8H11Br3O2. The maximum Gasteiger partial charge on any atom is 0.161 e. The van der Waals surface area contributed by atoms with Crippen molar-refractivity contribution in [1.29, 1.82) is 0 Å². The fraction of sp³-hybridized carbons (Fsp3) is 1.00. The molecule has 2 nitrogen and oxygen atoms in total. The number of rotatable bonds is 0. The number of aliphatic hydroxyl groups is 1. The molecule has 0 aromatic heterocycles. The second-order valence-corrected chi connectivity index (χ2v) is 11.3. The summed E-state index contributed by atoms with van der Waals surface area (Å²) in [7, 11) is 0. The molecule has 2 rings (SSSR count). The molecule has 0 spiro atoms. The van der Waals surface area contributed by atoms with E-state index in [0.717, 1.165) is 0 Å². The van der Waals surface area contributed by atoms with Gasteiger partial charge in [0.15, 0.2) is 8.43 Å². The summed E-state index contributed by atoms with van der Waals surface area (Å²) in [5, 5.41) is 9.62. The van der Waals surface area contributed by atoms with Crippen molar-refractivity contribution in [3.05, 3.63) is 0 Å². The Labute approximate surface area is 103 Å². The lowest BCUT2D eigenvalue weighted by Crippen LogP contribution is -2.32. The van der Waals surface area contributed by atoms with Gasteiger partial charge in [0.25, 0.3) is 0 Å². The third-order valence-corrected chi connectivity index (χ3v) is 4.59. The Balaban J connectivity index is 2.19. The van der Waals surface area contributed by atoms with Crippen LogP contribution in [0.4, 0.5) is 0 Å². The third kappa shape index (κ3) is 1.55. The predicted octanol–water partition coefficient (Wildman–Crippen LogP) is 2.81. The van der Waals surface area contributed by atoms with Gasteiger partial charge in [0.1, 0.15) is 0 Å². The molecule has 1 N–H and O–H groups in total. The summed E-state index contributed by atoms with van der Waals surface area (Å²) < 4.78 is 5.02. The van der Waals surface area contributed by atoms with Crippen LogP contribution in [-0.2, 0) is 4.74 Å². The largest absolute Gasteiger partial charge is 0.368 e. The summed E-state index contributed by atoms with van der Waals surface area (Å²) in [6.45, 7) is 4.33. The number of ether oxygens (including phenoxy) is 1. The number of fused-ring (bicyclic) bond motifs is 1. The van der Waals surface area contributed by atoms with Crippen LogP contribution in [0.3, 0.4) is 0 Å². The Hall–Kier alpha value is 1.36. The van der Waals surface area contributed by atoms with Crippen molar-refractivity contribution in [2.45, 2.75) is 28.4 Å². The van der Waals surface area contributed by atoms with Gasteiger partial charge in [-0.15, -0.1) is 0 Å². The van der Waals surface area contributed by atoms with Crippen LogP contribution in [0.2, 0.25) is 0 Å². The quantitative estimate of drug-likeness (QED) is 0.657. The summed E-state index contributed by atoms with van der Waals surface area (Å²) in [5.74, 6) is 0.699. The van der Waals surface area contributed by atoms with E-state index in [1.54, 1.807) is 0 Å². The second-order valence-electron chi connectivity index (χ2n) is 4.36. The molecule has 0 radical (unpaired) electrons. The van der Waals surface area contributed by atoms with Crippen LogP contribution >= 0.6 is 47.8 Å². The molecular weight excluding hydrogens is 368 g/mol. The lowest BCUT2D eigenvalue weighted by molar-refractivity contribution is -0.125. The van der Waals surface area contributed by atoms with Crippen molar-refractivity contribution in [3.63, 3.8) is 0 Å². The first kappa shape index (κ1) is 10.9. The molecule has 1 heterocycles. The normalized spacial score (nSPS) is 47.5. The smallest absolute Gasteiger partial charge is 0.161 e. The summed E-state index contributed by atoms with van der Waals surface area (Å²) in [5.41, 5.74) is 0.197. The molecule has 4 unspecified atom stereocenters. The van der Waals surface area contributed by atoms with Crippen LogP contribution in [0, 0.1) is 17.3 Å². The second kappa shape index (κ2) is 2.94. The summed E-state index contributed by atoms with van der Waals surface area (Å²) in [6, 6.07) is 0. The van der Waals surface area contributed by atoms with Gasteiger partial charge in [-0.2, -0.15) is 0 Å². The first-order chi connectivity index (χ1) is 5.76. The highest BCUT2D eigenvalue weighted by atomic mass is 80.0. The van der Waals surface area contributed by atoms with Crippen LogP contribution in [0.25, 0.3) is 0 Å². The Bertz CT molecular complexity index is 233. The van der Waals surface area contributed by atoms with Crippen molar-refractivity contribution in [2.24, 2.45) is 17.3 Å². The number of hydrogen-bond acceptors (Lipinski definition) is 2. The van der Waals surface area contributed by atoms with E-state index in [4.69, 9.17) is 4.74 Å². The van der Waals surface area contributed by atoms with Crippen molar-refractivity contribution >= 4 is 47.8 Å². The maximum absolute atomic E-state index is 9.62. The Morgan fingerprint density at radius 1 is 1.23 bits per heavy atom.